The minimum Gasteiger partial charge on any atom is -0.310 e. The van der Waals surface area contributed by atoms with Gasteiger partial charge >= 0.3 is 0 Å². The molecule has 17 heavy (non-hydrogen) atoms. The maximum Gasteiger partial charge on any atom is 0.258 e. The van der Waals surface area contributed by atoms with Crippen molar-refractivity contribution in [3.05, 3.63) is 66.8 Å². The molecule has 1 heterocycles. The second-order valence-corrected chi connectivity index (χ2v) is 3.77. The van der Waals surface area contributed by atoms with Gasteiger partial charge in [-0.3, -0.25) is 9.78 Å². The van der Waals surface area contributed by atoms with Crippen LogP contribution in [0.2, 0.25) is 0 Å². The number of rotatable bonds is 2. The van der Waals surface area contributed by atoms with Crippen molar-refractivity contribution in [3.8, 4) is 0 Å². The van der Waals surface area contributed by atoms with E-state index in [2.05, 4.69) is 11.9 Å². The number of nitrogens with zero attached hydrogens (tertiary/aromatic N) is 2. The van der Waals surface area contributed by atoms with Crippen molar-refractivity contribution in [2.75, 3.05) is 11.9 Å². The van der Waals surface area contributed by atoms with E-state index >= 15 is 0 Å². The monoisotopic (exact) mass is 225 g/mol. The van der Waals surface area contributed by atoms with Gasteiger partial charge in [-0.05, 0) is 36.8 Å². The summed E-state index contributed by atoms with van der Waals surface area (Å²) in [6.07, 6.45) is 3.34. The van der Waals surface area contributed by atoms with Crippen LogP contribution >= 0.6 is 0 Å². The smallest absolute Gasteiger partial charge is 0.258 e. The molecule has 0 N–H and O–H groups in total. The lowest BCUT2D eigenvalue weighted by Crippen LogP contribution is -2.26. The van der Waals surface area contributed by atoms with E-state index in [4.69, 9.17) is 0 Å². The molecule has 3 nitrogen and oxygen atoms in total. The number of hydrogen-bond acceptors (Lipinski definition) is 2. The molecule has 3 heteroatoms. The lowest BCUT2D eigenvalue weighted by atomic mass is 10.1. The molecule has 1 aromatic carbocycles. The molecule has 1 radical (unpaired) electrons. The van der Waals surface area contributed by atoms with Gasteiger partial charge in [-0.2, -0.15) is 0 Å². The molecule has 2 aromatic rings. The third kappa shape index (κ3) is 2.50. The van der Waals surface area contributed by atoms with Crippen molar-refractivity contribution in [3.63, 3.8) is 0 Å². The van der Waals surface area contributed by atoms with Gasteiger partial charge < -0.3 is 4.90 Å². The van der Waals surface area contributed by atoms with Gasteiger partial charge in [0.1, 0.15) is 0 Å². The van der Waals surface area contributed by atoms with Crippen molar-refractivity contribution in [2.45, 2.75) is 0 Å². The second kappa shape index (κ2) is 4.78. The summed E-state index contributed by atoms with van der Waals surface area (Å²) in [5.74, 6) is -0.0574. The van der Waals surface area contributed by atoms with Gasteiger partial charge in [0.2, 0.25) is 0 Å². The number of amides is 1. The molecule has 0 aliphatic carbocycles. The van der Waals surface area contributed by atoms with Gasteiger partial charge in [0.15, 0.2) is 0 Å². The SMILES string of the molecule is [CH2]c1ccc(C(=O)N(C)c2cccnc2)cc1. The molecule has 0 fully saturated rings. The fraction of sp³-hybridized carbons (Fsp3) is 0.0714. The largest absolute Gasteiger partial charge is 0.310 e. The number of carbonyl (C=O) groups is 1. The molecule has 0 atom stereocenters. The Hall–Kier alpha value is -2.16. The van der Waals surface area contributed by atoms with E-state index in [1.165, 1.54) is 0 Å². The first-order valence-electron chi connectivity index (χ1n) is 5.28. The first-order chi connectivity index (χ1) is 8.18. The minimum absolute atomic E-state index is 0.0574. The van der Waals surface area contributed by atoms with E-state index in [1.807, 2.05) is 18.2 Å². The first-order valence-corrected chi connectivity index (χ1v) is 5.28. The zero-order valence-electron chi connectivity index (χ0n) is 9.63. The molecule has 2 rings (SSSR count). The standard InChI is InChI=1S/C14H13N2O/c1-11-5-7-12(8-6-11)14(17)16(2)13-4-3-9-15-10-13/h3-10H,1H2,2H3. The lowest BCUT2D eigenvalue weighted by Gasteiger charge is -2.16. The normalized spacial score (nSPS) is 10.0. The topological polar surface area (TPSA) is 33.2 Å². The van der Waals surface area contributed by atoms with Crippen molar-refractivity contribution < 1.29 is 4.79 Å². The maximum absolute atomic E-state index is 12.1. The third-order valence-electron chi connectivity index (χ3n) is 2.54. The van der Waals surface area contributed by atoms with Crippen LogP contribution in [0.5, 0.6) is 0 Å². The van der Waals surface area contributed by atoms with Gasteiger partial charge in [0.05, 0.1) is 11.9 Å². The summed E-state index contributed by atoms with van der Waals surface area (Å²) in [5.41, 5.74) is 2.31. The van der Waals surface area contributed by atoms with E-state index in [-0.39, 0.29) is 5.91 Å². The maximum atomic E-state index is 12.1. The Balaban J connectivity index is 2.23. The average Bonchev–Trinajstić information content (AvgIpc) is 2.39. The fourth-order valence-electron chi connectivity index (χ4n) is 1.51. The van der Waals surface area contributed by atoms with E-state index in [0.717, 1.165) is 11.3 Å². The highest BCUT2D eigenvalue weighted by Gasteiger charge is 2.12. The number of hydrogen-bond donors (Lipinski definition) is 0. The summed E-state index contributed by atoms with van der Waals surface area (Å²) in [7, 11) is 1.73. The molecule has 0 aliphatic heterocycles. The summed E-state index contributed by atoms with van der Waals surface area (Å²) < 4.78 is 0. The van der Waals surface area contributed by atoms with Gasteiger partial charge in [-0.1, -0.05) is 12.1 Å². The van der Waals surface area contributed by atoms with Gasteiger partial charge in [-0.15, -0.1) is 0 Å². The highest BCUT2D eigenvalue weighted by Crippen LogP contribution is 2.13. The first kappa shape index (κ1) is 11.3. The van der Waals surface area contributed by atoms with Crippen LogP contribution < -0.4 is 4.90 Å². The molecule has 0 unspecified atom stereocenters. The molecule has 0 bridgehead atoms. The van der Waals surface area contributed by atoms with E-state index in [0.29, 0.717) is 5.56 Å². The molecule has 0 saturated carbocycles. The summed E-state index contributed by atoms with van der Waals surface area (Å²) in [6, 6.07) is 10.8. The van der Waals surface area contributed by atoms with Crippen LogP contribution in [0.4, 0.5) is 5.69 Å². The van der Waals surface area contributed by atoms with E-state index in [1.54, 1.807) is 42.5 Å². The van der Waals surface area contributed by atoms with E-state index in [9.17, 15) is 4.79 Å². The third-order valence-corrected chi connectivity index (χ3v) is 2.54. The van der Waals surface area contributed by atoms with Crippen molar-refractivity contribution in [2.24, 2.45) is 0 Å². The zero-order valence-corrected chi connectivity index (χ0v) is 9.63. The average molecular weight is 225 g/mol. The number of carbonyl (C=O) groups excluding carboxylic acids is 1. The highest BCUT2D eigenvalue weighted by atomic mass is 16.2. The molecule has 85 valence electrons. The van der Waals surface area contributed by atoms with Crippen molar-refractivity contribution in [1.29, 1.82) is 0 Å². The fourth-order valence-corrected chi connectivity index (χ4v) is 1.51. The van der Waals surface area contributed by atoms with Crippen LogP contribution in [0.15, 0.2) is 48.8 Å². The van der Waals surface area contributed by atoms with Crippen LogP contribution in [0.3, 0.4) is 0 Å². The van der Waals surface area contributed by atoms with Crippen LogP contribution in [-0.4, -0.2) is 17.9 Å². The molecular formula is C14H13N2O. The molecule has 0 spiro atoms. The number of pyridine rings is 1. The van der Waals surface area contributed by atoms with Gasteiger partial charge in [0.25, 0.3) is 5.91 Å². The Morgan fingerprint density at radius 3 is 2.53 bits per heavy atom. The quantitative estimate of drug-likeness (QED) is 0.787. The second-order valence-electron chi connectivity index (χ2n) is 3.77. The molecule has 1 amide bonds. The molecule has 1 aromatic heterocycles. The lowest BCUT2D eigenvalue weighted by molar-refractivity contribution is 0.0993. The summed E-state index contributed by atoms with van der Waals surface area (Å²) >= 11 is 0. The van der Waals surface area contributed by atoms with Crippen LogP contribution in [0.25, 0.3) is 0 Å². The van der Waals surface area contributed by atoms with Crippen LogP contribution in [-0.2, 0) is 0 Å². The van der Waals surface area contributed by atoms with Crippen molar-refractivity contribution in [1.82, 2.24) is 4.98 Å². The molecule has 0 saturated heterocycles. The summed E-state index contributed by atoms with van der Waals surface area (Å²) in [5, 5.41) is 0. The predicted molar refractivity (Wildman–Crippen MR) is 67.9 cm³/mol. The molecule has 0 aliphatic rings. The Labute approximate surface area is 101 Å². The Morgan fingerprint density at radius 1 is 1.24 bits per heavy atom. The zero-order chi connectivity index (χ0) is 12.3. The summed E-state index contributed by atoms with van der Waals surface area (Å²) in [6.45, 7) is 3.79. The van der Waals surface area contributed by atoms with Crippen LogP contribution in [0, 0.1) is 6.92 Å². The van der Waals surface area contributed by atoms with Crippen molar-refractivity contribution >= 4 is 11.6 Å². The Kier molecular flexibility index (Phi) is 3.19. The predicted octanol–water partition coefficient (Wildman–Crippen LogP) is 2.54. The summed E-state index contributed by atoms with van der Waals surface area (Å²) in [4.78, 5) is 17.7. The number of benzene rings is 1. The highest BCUT2D eigenvalue weighted by molar-refractivity contribution is 6.05. The minimum atomic E-state index is -0.0574. The van der Waals surface area contributed by atoms with Gasteiger partial charge in [0, 0.05) is 18.8 Å². The number of anilines is 1. The van der Waals surface area contributed by atoms with E-state index < -0.39 is 0 Å². The Bertz CT molecular complexity index is 506. The number of aromatic nitrogens is 1. The van der Waals surface area contributed by atoms with Gasteiger partial charge in [-0.25, -0.2) is 0 Å². The Morgan fingerprint density at radius 2 is 1.94 bits per heavy atom. The molecular weight excluding hydrogens is 212 g/mol. The van der Waals surface area contributed by atoms with Crippen LogP contribution in [0.1, 0.15) is 15.9 Å².